The summed E-state index contributed by atoms with van der Waals surface area (Å²) in [5.74, 6) is 0.800. The van der Waals surface area contributed by atoms with Gasteiger partial charge in [-0.25, -0.2) is 4.98 Å². The average Bonchev–Trinajstić information content (AvgIpc) is 2.46. The van der Waals surface area contributed by atoms with Crippen LogP contribution >= 0.6 is 0 Å². The van der Waals surface area contributed by atoms with Crippen LogP contribution in [0.25, 0.3) is 0 Å². The fourth-order valence-electron chi connectivity index (χ4n) is 2.66. The lowest BCUT2D eigenvalue weighted by atomic mass is 10.0. The Morgan fingerprint density at radius 1 is 1.30 bits per heavy atom. The second-order valence-electron chi connectivity index (χ2n) is 5.72. The van der Waals surface area contributed by atoms with Crippen LogP contribution in [0.2, 0.25) is 0 Å². The Morgan fingerprint density at radius 2 is 1.95 bits per heavy atom. The van der Waals surface area contributed by atoms with Gasteiger partial charge < -0.3 is 14.7 Å². The number of nitrogens with zero attached hydrogens (tertiary/aromatic N) is 4. The summed E-state index contributed by atoms with van der Waals surface area (Å²) in [5, 5.41) is 0. The summed E-state index contributed by atoms with van der Waals surface area (Å²) in [5.41, 5.74) is 0.680. The molecule has 0 saturated carbocycles. The van der Waals surface area contributed by atoms with E-state index in [9.17, 15) is 4.79 Å². The van der Waals surface area contributed by atoms with Gasteiger partial charge >= 0.3 is 0 Å². The molecule has 1 amide bonds. The van der Waals surface area contributed by atoms with E-state index < -0.39 is 0 Å². The Kier molecular flexibility index (Phi) is 4.60. The number of likely N-dealkylation sites (tertiary alicyclic amines) is 1. The molecule has 1 aromatic heterocycles. The van der Waals surface area contributed by atoms with Crippen LogP contribution in [-0.4, -0.2) is 68.0 Å². The Balaban J connectivity index is 2.15. The number of pyridine rings is 1. The lowest BCUT2D eigenvalue weighted by molar-refractivity contribution is 0.0660. The number of hydrogen-bond acceptors (Lipinski definition) is 4. The molecule has 5 nitrogen and oxygen atoms in total. The van der Waals surface area contributed by atoms with Crippen LogP contribution in [0.1, 0.15) is 23.2 Å². The van der Waals surface area contributed by atoms with Crippen LogP contribution in [0, 0.1) is 0 Å². The number of aromatic nitrogens is 1. The van der Waals surface area contributed by atoms with E-state index in [0.29, 0.717) is 11.6 Å². The molecule has 1 aromatic rings. The van der Waals surface area contributed by atoms with Gasteiger partial charge in [-0.1, -0.05) is 0 Å². The van der Waals surface area contributed by atoms with E-state index in [1.807, 2.05) is 43.1 Å². The van der Waals surface area contributed by atoms with Crippen molar-refractivity contribution < 1.29 is 4.79 Å². The Hall–Kier alpha value is -1.62. The molecule has 0 atom stereocenters. The lowest BCUT2D eigenvalue weighted by Gasteiger charge is -2.35. The van der Waals surface area contributed by atoms with Gasteiger partial charge in [-0.05, 0) is 45.1 Å². The number of carbonyl (C=O) groups is 1. The molecule has 0 bridgehead atoms. The van der Waals surface area contributed by atoms with Crippen molar-refractivity contribution in [3.8, 4) is 0 Å². The summed E-state index contributed by atoms with van der Waals surface area (Å²) in [6, 6.07) is 4.01. The van der Waals surface area contributed by atoms with Gasteiger partial charge in [-0.15, -0.1) is 0 Å². The molecule has 0 aromatic carbocycles. The Bertz CT molecular complexity index is 467. The maximum Gasteiger partial charge on any atom is 0.257 e. The van der Waals surface area contributed by atoms with E-state index in [4.69, 9.17) is 0 Å². The molecule has 0 aliphatic carbocycles. The van der Waals surface area contributed by atoms with Crippen molar-refractivity contribution in [2.75, 3.05) is 46.2 Å². The molecule has 1 aliphatic heterocycles. The number of carbonyl (C=O) groups excluding carboxylic acids is 1. The van der Waals surface area contributed by atoms with Crippen molar-refractivity contribution in [3.63, 3.8) is 0 Å². The van der Waals surface area contributed by atoms with Crippen LogP contribution in [0.4, 0.5) is 5.82 Å². The van der Waals surface area contributed by atoms with Crippen molar-refractivity contribution in [1.29, 1.82) is 0 Å². The third-order valence-corrected chi connectivity index (χ3v) is 4.00. The third kappa shape index (κ3) is 3.10. The van der Waals surface area contributed by atoms with Crippen molar-refractivity contribution in [1.82, 2.24) is 14.8 Å². The zero-order chi connectivity index (χ0) is 14.7. The van der Waals surface area contributed by atoms with Gasteiger partial charge in [0.2, 0.25) is 0 Å². The first kappa shape index (κ1) is 14.8. The summed E-state index contributed by atoms with van der Waals surface area (Å²) < 4.78 is 0. The summed E-state index contributed by atoms with van der Waals surface area (Å²) in [6.45, 7) is 2.10. The van der Waals surface area contributed by atoms with E-state index in [1.54, 1.807) is 6.20 Å². The Labute approximate surface area is 121 Å². The number of anilines is 1. The van der Waals surface area contributed by atoms with Crippen molar-refractivity contribution in [2.24, 2.45) is 0 Å². The molecule has 1 saturated heterocycles. The highest BCUT2D eigenvalue weighted by atomic mass is 16.2. The molecule has 2 rings (SSSR count). The van der Waals surface area contributed by atoms with Crippen molar-refractivity contribution >= 4 is 11.7 Å². The first-order chi connectivity index (χ1) is 9.50. The fourth-order valence-corrected chi connectivity index (χ4v) is 2.66. The smallest absolute Gasteiger partial charge is 0.257 e. The minimum atomic E-state index is 0.0661. The van der Waals surface area contributed by atoms with Crippen LogP contribution in [0.5, 0.6) is 0 Å². The first-order valence-electron chi connectivity index (χ1n) is 7.08. The van der Waals surface area contributed by atoms with Crippen LogP contribution in [0.15, 0.2) is 18.3 Å². The number of rotatable bonds is 3. The zero-order valence-corrected chi connectivity index (χ0v) is 12.8. The van der Waals surface area contributed by atoms with Crippen LogP contribution in [0.3, 0.4) is 0 Å². The van der Waals surface area contributed by atoms with Gasteiger partial charge in [0.15, 0.2) is 0 Å². The van der Waals surface area contributed by atoms with Crippen LogP contribution in [-0.2, 0) is 0 Å². The van der Waals surface area contributed by atoms with E-state index in [0.717, 1.165) is 31.7 Å². The Morgan fingerprint density at radius 3 is 2.55 bits per heavy atom. The van der Waals surface area contributed by atoms with Crippen molar-refractivity contribution in [3.05, 3.63) is 23.9 Å². The largest absolute Gasteiger partial charge is 0.362 e. The number of amides is 1. The third-order valence-electron chi connectivity index (χ3n) is 4.00. The summed E-state index contributed by atoms with van der Waals surface area (Å²) in [4.78, 5) is 23.1. The molecule has 1 aliphatic rings. The molecular weight excluding hydrogens is 252 g/mol. The zero-order valence-electron chi connectivity index (χ0n) is 12.8. The predicted octanol–water partition coefficient (Wildman–Crippen LogP) is 1.31. The van der Waals surface area contributed by atoms with Gasteiger partial charge in [-0.2, -0.15) is 0 Å². The molecule has 0 unspecified atom stereocenters. The molecule has 110 valence electrons. The molecule has 5 heteroatoms. The average molecular weight is 276 g/mol. The molecule has 20 heavy (non-hydrogen) atoms. The van der Waals surface area contributed by atoms with E-state index in [-0.39, 0.29) is 5.91 Å². The fraction of sp³-hybridized carbons (Fsp3) is 0.600. The highest BCUT2D eigenvalue weighted by molar-refractivity contribution is 5.98. The molecule has 0 N–H and O–H groups in total. The van der Waals surface area contributed by atoms with Gasteiger partial charge in [0.05, 0.1) is 5.56 Å². The number of piperidine rings is 1. The van der Waals surface area contributed by atoms with E-state index in [2.05, 4.69) is 16.9 Å². The number of hydrogen-bond donors (Lipinski definition) is 0. The minimum Gasteiger partial charge on any atom is -0.362 e. The lowest BCUT2D eigenvalue weighted by Crippen LogP contribution is -2.44. The molecule has 2 heterocycles. The summed E-state index contributed by atoms with van der Waals surface area (Å²) in [7, 11) is 7.86. The highest BCUT2D eigenvalue weighted by Gasteiger charge is 2.26. The summed E-state index contributed by atoms with van der Waals surface area (Å²) >= 11 is 0. The topological polar surface area (TPSA) is 39.7 Å². The SMILES string of the molecule is CN1CCC(N(C)C(=O)c2cccnc2N(C)C)CC1. The van der Waals surface area contributed by atoms with Gasteiger partial charge in [0, 0.05) is 33.4 Å². The second kappa shape index (κ2) is 6.22. The molecular formula is C15H24N4O. The second-order valence-corrected chi connectivity index (χ2v) is 5.72. The molecule has 1 fully saturated rings. The summed E-state index contributed by atoms with van der Waals surface area (Å²) in [6.07, 6.45) is 3.80. The molecule has 0 spiro atoms. The minimum absolute atomic E-state index is 0.0661. The molecule has 0 radical (unpaired) electrons. The maximum atomic E-state index is 12.7. The standard InChI is InChI=1S/C15H24N4O/c1-17(2)14-13(6-5-9-16-14)15(20)19(4)12-7-10-18(3)11-8-12/h5-6,9,12H,7-8,10-11H2,1-4H3. The predicted molar refractivity (Wildman–Crippen MR) is 81.2 cm³/mol. The normalized spacial score (nSPS) is 17.0. The van der Waals surface area contributed by atoms with Crippen LogP contribution < -0.4 is 4.90 Å². The first-order valence-corrected chi connectivity index (χ1v) is 7.08. The van der Waals surface area contributed by atoms with E-state index >= 15 is 0 Å². The van der Waals surface area contributed by atoms with Gasteiger partial charge in [-0.3, -0.25) is 4.79 Å². The van der Waals surface area contributed by atoms with Crippen molar-refractivity contribution in [2.45, 2.75) is 18.9 Å². The monoisotopic (exact) mass is 276 g/mol. The quantitative estimate of drug-likeness (QED) is 0.834. The highest BCUT2D eigenvalue weighted by Crippen LogP contribution is 2.20. The van der Waals surface area contributed by atoms with E-state index in [1.165, 1.54) is 0 Å². The van der Waals surface area contributed by atoms with Gasteiger partial charge in [0.25, 0.3) is 5.91 Å². The van der Waals surface area contributed by atoms with Gasteiger partial charge in [0.1, 0.15) is 5.82 Å². The maximum absolute atomic E-state index is 12.7.